The molecule has 0 aliphatic rings. The molecule has 5 nitrogen and oxygen atoms in total. The number of rotatable bonds is 7. The fourth-order valence-electron chi connectivity index (χ4n) is 3.01. The summed E-state index contributed by atoms with van der Waals surface area (Å²) in [4.78, 5) is 13.0. The Morgan fingerprint density at radius 2 is 1.39 bits per heavy atom. The third-order valence-electron chi connectivity index (χ3n) is 4.33. The van der Waals surface area contributed by atoms with Gasteiger partial charge in [0.25, 0.3) is 0 Å². The van der Waals surface area contributed by atoms with E-state index in [1.54, 1.807) is 6.07 Å². The number of hydrogen-bond donors (Lipinski definition) is 0. The molecule has 3 aromatic carbocycles. The van der Waals surface area contributed by atoms with E-state index in [0.29, 0.717) is 28.4 Å². The van der Waals surface area contributed by atoms with Crippen molar-refractivity contribution in [1.29, 1.82) is 0 Å². The molecule has 0 radical (unpaired) electrons. The molecular formula is C23H22O5. The molecule has 3 aromatic rings. The fourth-order valence-corrected chi connectivity index (χ4v) is 3.01. The first-order chi connectivity index (χ1) is 13.7. The van der Waals surface area contributed by atoms with Gasteiger partial charge in [0.1, 0.15) is 6.61 Å². The molecule has 0 fully saturated rings. The Kier molecular flexibility index (Phi) is 6.17. The summed E-state index contributed by atoms with van der Waals surface area (Å²) in [6, 6.07) is 20.6. The maximum absolute atomic E-state index is 13.0. The number of hydrogen-bond acceptors (Lipinski definition) is 5. The maximum Gasteiger partial charge on any atom is 0.339 e. The zero-order chi connectivity index (χ0) is 19.9. The first kappa shape index (κ1) is 19.3. The molecule has 5 heteroatoms. The standard InChI is InChI=1S/C23H22O5/c1-25-19-14-18(23(24)28-15-16-10-6-4-7-11-16)20(17-12-8-5-9-13-17)22(27-3)21(19)26-2/h4-14H,15H2,1-3H3. The van der Waals surface area contributed by atoms with Crippen LogP contribution in [0.15, 0.2) is 66.7 Å². The molecule has 0 aliphatic heterocycles. The van der Waals surface area contributed by atoms with Crippen molar-refractivity contribution in [1.82, 2.24) is 0 Å². The van der Waals surface area contributed by atoms with Crippen LogP contribution in [0, 0.1) is 0 Å². The smallest absolute Gasteiger partial charge is 0.339 e. The van der Waals surface area contributed by atoms with Crippen LogP contribution in [0.4, 0.5) is 0 Å². The highest BCUT2D eigenvalue weighted by molar-refractivity contribution is 6.01. The van der Waals surface area contributed by atoms with Crippen LogP contribution in [-0.4, -0.2) is 27.3 Å². The van der Waals surface area contributed by atoms with E-state index in [9.17, 15) is 4.79 Å². The van der Waals surface area contributed by atoms with E-state index in [1.165, 1.54) is 21.3 Å². The van der Waals surface area contributed by atoms with Crippen LogP contribution in [0.5, 0.6) is 17.2 Å². The molecule has 0 unspecified atom stereocenters. The molecule has 0 bridgehead atoms. The average Bonchev–Trinajstić information content (AvgIpc) is 2.77. The molecule has 0 atom stereocenters. The van der Waals surface area contributed by atoms with Gasteiger partial charge in [0, 0.05) is 5.56 Å². The molecule has 0 amide bonds. The number of ether oxygens (including phenoxy) is 4. The number of esters is 1. The lowest BCUT2D eigenvalue weighted by molar-refractivity contribution is 0.0473. The highest BCUT2D eigenvalue weighted by Gasteiger charge is 2.26. The second-order valence-corrected chi connectivity index (χ2v) is 6.00. The maximum atomic E-state index is 13.0. The van der Waals surface area contributed by atoms with Crippen molar-refractivity contribution in [3.05, 3.63) is 77.9 Å². The molecule has 0 aliphatic carbocycles. The van der Waals surface area contributed by atoms with Crippen molar-refractivity contribution in [2.45, 2.75) is 6.61 Å². The lowest BCUT2D eigenvalue weighted by Crippen LogP contribution is -2.09. The Bertz CT molecular complexity index is 936. The van der Waals surface area contributed by atoms with Gasteiger partial charge in [-0.3, -0.25) is 0 Å². The van der Waals surface area contributed by atoms with Crippen LogP contribution in [0.25, 0.3) is 11.1 Å². The quantitative estimate of drug-likeness (QED) is 0.556. The van der Waals surface area contributed by atoms with Gasteiger partial charge in [-0.25, -0.2) is 4.79 Å². The third kappa shape index (κ3) is 3.93. The second-order valence-electron chi connectivity index (χ2n) is 6.00. The van der Waals surface area contributed by atoms with Crippen LogP contribution < -0.4 is 14.2 Å². The number of carbonyl (C=O) groups is 1. The zero-order valence-electron chi connectivity index (χ0n) is 16.1. The number of benzene rings is 3. The van der Waals surface area contributed by atoms with Crippen molar-refractivity contribution < 1.29 is 23.7 Å². The first-order valence-corrected chi connectivity index (χ1v) is 8.79. The molecule has 0 N–H and O–H groups in total. The normalized spacial score (nSPS) is 10.2. The van der Waals surface area contributed by atoms with Crippen molar-refractivity contribution >= 4 is 5.97 Å². The largest absolute Gasteiger partial charge is 0.493 e. The summed E-state index contributed by atoms with van der Waals surface area (Å²) in [5.41, 5.74) is 2.66. The summed E-state index contributed by atoms with van der Waals surface area (Å²) in [6.45, 7) is 0.171. The van der Waals surface area contributed by atoms with Gasteiger partial charge in [0.15, 0.2) is 11.5 Å². The minimum absolute atomic E-state index is 0.171. The molecule has 0 spiro atoms. The van der Waals surface area contributed by atoms with Crippen LogP contribution in [0.2, 0.25) is 0 Å². The Hall–Kier alpha value is -3.47. The second kappa shape index (κ2) is 8.95. The molecule has 144 valence electrons. The highest BCUT2D eigenvalue weighted by Crippen LogP contribution is 2.46. The summed E-state index contributed by atoms with van der Waals surface area (Å²) in [6.07, 6.45) is 0. The van der Waals surface area contributed by atoms with Crippen LogP contribution >= 0.6 is 0 Å². The Labute approximate surface area is 164 Å². The van der Waals surface area contributed by atoms with Gasteiger partial charge in [-0.15, -0.1) is 0 Å². The summed E-state index contributed by atoms with van der Waals surface area (Å²) < 4.78 is 22.1. The van der Waals surface area contributed by atoms with Crippen molar-refractivity contribution in [3.63, 3.8) is 0 Å². The van der Waals surface area contributed by atoms with Crippen molar-refractivity contribution in [3.8, 4) is 28.4 Å². The van der Waals surface area contributed by atoms with Crippen LogP contribution in [0.1, 0.15) is 15.9 Å². The first-order valence-electron chi connectivity index (χ1n) is 8.79. The Morgan fingerprint density at radius 1 is 0.786 bits per heavy atom. The summed E-state index contributed by atoms with van der Waals surface area (Å²) in [7, 11) is 4.57. The third-order valence-corrected chi connectivity index (χ3v) is 4.33. The Morgan fingerprint density at radius 3 is 1.96 bits per heavy atom. The Balaban J connectivity index is 2.09. The van der Waals surface area contributed by atoms with Gasteiger partial charge < -0.3 is 18.9 Å². The predicted octanol–water partition coefficient (Wildman–Crippen LogP) is 4.74. The lowest BCUT2D eigenvalue weighted by Gasteiger charge is -2.19. The topological polar surface area (TPSA) is 54.0 Å². The molecular weight excluding hydrogens is 356 g/mol. The van der Waals surface area contributed by atoms with Gasteiger partial charge in [0.05, 0.1) is 26.9 Å². The number of methoxy groups -OCH3 is 3. The monoisotopic (exact) mass is 378 g/mol. The molecule has 0 saturated carbocycles. The highest BCUT2D eigenvalue weighted by atomic mass is 16.5. The van der Waals surface area contributed by atoms with E-state index < -0.39 is 5.97 Å². The van der Waals surface area contributed by atoms with Crippen LogP contribution in [-0.2, 0) is 11.3 Å². The lowest BCUT2D eigenvalue weighted by atomic mass is 9.97. The van der Waals surface area contributed by atoms with Crippen molar-refractivity contribution in [2.24, 2.45) is 0 Å². The van der Waals surface area contributed by atoms with E-state index in [4.69, 9.17) is 18.9 Å². The van der Waals surface area contributed by atoms with E-state index >= 15 is 0 Å². The predicted molar refractivity (Wildman–Crippen MR) is 107 cm³/mol. The SMILES string of the molecule is COc1cc(C(=O)OCc2ccccc2)c(-c2ccccc2)c(OC)c1OC. The van der Waals surface area contributed by atoms with Gasteiger partial charge >= 0.3 is 5.97 Å². The van der Waals surface area contributed by atoms with Crippen LogP contribution in [0.3, 0.4) is 0 Å². The molecule has 0 saturated heterocycles. The van der Waals surface area contributed by atoms with E-state index in [0.717, 1.165) is 11.1 Å². The van der Waals surface area contributed by atoms with E-state index in [2.05, 4.69) is 0 Å². The van der Waals surface area contributed by atoms with Crippen molar-refractivity contribution in [2.75, 3.05) is 21.3 Å². The fraction of sp³-hybridized carbons (Fsp3) is 0.174. The molecule has 0 heterocycles. The van der Waals surface area contributed by atoms with Gasteiger partial charge in [-0.2, -0.15) is 0 Å². The summed E-state index contributed by atoms with van der Waals surface area (Å²) >= 11 is 0. The minimum atomic E-state index is -0.470. The molecule has 0 aromatic heterocycles. The minimum Gasteiger partial charge on any atom is -0.493 e. The van der Waals surface area contributed by atoms with E-state index in [1.807, 2.05) is 60.7 Å². The van der Waals surface area contributed by atoms with E-state index in [-0.39, 0.29) is 6.61 Å². The zero-order valence-corrected chi connectivity index (χ0v) is 16.1. The summed E-state index contributed by atoms with van der Waals surface area (Å²) in [5.74, 6) is 0.760. The summed E-state index contributed by atoms with van der Waals surface area (Å²) in [5, 5.41) is 0. The van der Waals surface area contributed by atoms with Gasteiger partial charge in [-0.1, -0.05) is 60.7 Å². The molecule has 3 rings (SSSR count). The van der Waals surface area contributed by atoms with Gasteiger partial charge in [-0.05, 0) is 17.2 Å². The number of carbonyl (C=O) groups excluding carboxylic acids is 1. The molecule has 28 heavy (non-hydrogen) atoms. The van der Waals surface area contributed by atoms with Gasteiger partial charge in [0.2, 0.25) is 5.75 Å². The average molecular weight is 378 g/mol.